The van der Waals surface area contributed by atoms with Gasteiger partial charge in [0, 0.05) is 0 Å². The Hall–Kier alpha value is -3.01. The Balaban J connectivity index is 1.55. The summed E-state index contributed by atoms with van der Waals surface area (Å²) in [6, 6.07) is 21.4. The van der Waals surface area contributed by atoms with Crippen molar-refractivity contribution < 1.29 is 14.3 Å². The molecule has 3 rings (SSSR count). The Bertz CT molecular complexity index is 858. The van der Waals surface area contributed by atoms with Crippen LogP contribution in [0.2, 0.25) is 0 Å². The monoisotopic (exact) mass is 335 g/mol. The molecular weight excluding hydrogens is 314 g/mol. The second-order valence-electron chi connectivity index (χ2n) is 5.86. The summed E-state index contributed by atoms with van der Waals surface area (Å²) in [4.78, 5) is 12.1. The fourth-order valence-electron chi connectivity index (χ4n) is 2.67. The summed E-state index contributed by atoms with van der Waals surface area (Å²) in [7, 11) is 1.63. The third-order valence-electron chi connectivity index (χ3n) is 4.08. The number of methoxy groups -OCH3 is 1. The number of hydrogen-bond acceptors (Lipinski definition) is 3. The maximum atomic E-state index is 12.1. The first-order chi connectivity index (χ1) is 12.2. The minimum Gasteiger partial charge on any atom is -0.497 e. The van der Waals surface area contributed by atoms with Gasteiger partial charge in [0.2, 0.25) is 0 Å². The van der Waals surface area contributed by atoms with E-state index in [2.05, 4.69) is 5.32 Å². The van der Waals surface area contributed by atoms with E-state index in [0.29, 0.717) is 5.75 Å². The van der Waals surface area contributed by atoms with E-state index < -0.39 is 0 Å². The van der Waals surface area contributed by atoms with Gasteiger partial charge in [0.1, 0.15) is 11.5 Å². The van der Waals surface area contributed by atoms with Gasteiger partial charge >= 0.3 is 0 Å². The van der Waals surface area contributed by atoms with Crippen molar-refractivity contribution in [2.75, 3.05) is 13.7 Å². The van der Waals surface area contributed by atoms with Crippen LogP contribution in [0.25, 0.3) is 10.8 Å². The van der Waals surface area contributed by atoms with Crippen molar-refractivity contribution in [1.29, 1.82) is 0 Å². The van der Waals surface area contributed by atoms with Crippen LogP contribution in [-0.4, -0.2) is 19.6 Å². The van der Waals surface area contributed by atoms with Crippen LogP contribution in [0.15, 0.2) is 66.7 Å². The molecule has 0 aliphatic carbocycles. The maximum Gasteiger partial charge on any atom is 0.258 e. The normalized spacial score (nSPS) is 11.8. The van der Waals surface area contributed by atoms with Gasteiger partial charge < -0.3 is 14.8 Å². The summed E-state index contributed by atoms with van der Waals surface area (Å²) in [5, 5.41) is 5.17. The highest BCUT2D eigenvalue weighted by molar-refractivity contribution is 5.84. The number of ether oxygens (including phenoxy) is 2. The molecular formula is C21H21NO3. The molecule has 3 aromatic rings. The van der Waals surface area contributed by atoms with Crippen molar-refractivity contribution in [2.24, 2.45) is 0 Å². The van der Waals surface area contributed by atoms with Gasteiger partial charge in [-0.25, -0.2) is 0 Å². The molecule has 0 fully saturated rings. The summed E-state index contributed by atoms with van der Waals surface area (Å²) in [5.41, 5.74) is 1.01. The van der Waals surface area contributed by atoms with E-state index in [0.717, 1.165) is 22.1 Å². The number of hydrogen-bond donors (Lipinski definition) is 1. The molecule has 1 amide bonds. The van der Waals surface area contributed by atoms with Crippen LogP contribution >= 0.6 is 0 Å². The van der Waals surface area contributed by atoms with Crippen LogP contribution in [0.5, 0.6) is 11.5 Å². The number of carbonyl (C=O) groups is 1. The first-order valence-electron chi connectivity index (χ1n) is 8.20. The number of nitrogens with one attached hydrogen (secondary N) is 1. The molecule has 0 aliphatic rings. The lowest BCUT2D eigenvalue weighted by atomic mass is 10.1. The number of rotatable bonds is 6. The zero-order valence-electron chi connectivity index (χ0n) is 14.4. The molecule has 3 aromatic carbocycles. The molecule has 25 heavy (non-hydrogen) atoms. The lowest BCUT2D eigenvalue weighted by Gasteiger charge is -2.15. The molecule has 1 N–H and O–H groups in total. The lowest BCUT2D eigenvalue weighted by Crippen LogP contribution is -2.31. The Morgan fingerprint density at radius 3 is 2.36 bits per heavy atom. The van der Waals surface area contributed by atoms with E-state index >= 15 is 0 Å². The average molecular weight is 335 g/mol. The van der Waals surface area contributed by atoms with Crippen LogP contribution in [0.3, 0.4) is 0 Å². The van der Waals surface area contributed by atoms with Gasteiger partial charge in [-0.3, -0.25) is 4.79 Å². The van der Waals surface area contributed by atoms with Gasteiger partial charge in [0.15, 0.2) is 6.61 Å². The van der Waals surface area contributed by atoms with Crippen molar-refractivity contribution >= 4 is 16.7 Å². The van der Waals surface area contributed by atoms with Crippen LogP contribution in [0, 0.1) is 0 Å². The zero-order valence-corrected chi connectivity index (χ0v) is 14.4. The fourth-order valence-corrected chi connectivity index (χ4v) is 2.67. The lowest BCUT2D eigenvalue weighted by molar-refractivity contribution is -0.123. The van der Waals surface area contributed by atoms with Crippen molar-refractivity contribution in [2.45, 2.75) is 13.0 Å². The second-order valence-corrected chi connectivity index (χ2v) is 5.86. The van der Waals surface area contributed by atoms with E-state index in [1.54, 1.807) is 7.11 Å². The van der Waals surface area contributed by atoms with Gasteiger partial charge in [-0.1, -0.05) is 42.5 Å². The molecule has 4 nitrogen and oxygen atoms in total. The van der Waals surface area contributed by atoms with Crippen molar-refractivity contribution in [1.82, 2.24) is 5.32 Å². The summed E-state index contributed by atoms with van der Waals surface area (Å²) >= 11 is 0. The van der Waals surface area contributed by atoms with Crippen molar-refractivity contribution in [3.05, 3.63) is 72.3 Å². The van der Waals surface area contributed by atoms with E-state index in [9.17, 15) is 4.79 Å². The smallest absolute Gasteiger partial charge is 0.258 e. The minimum atomic E-state index is -0.156. The number of amides is 1. The predicted octanol–water partition coefficient (Wildman–Crippen LogP) is 4.10. The molecule has 0 saturated heterocycles. The van der Waals surface area contributed by atoms with Crippen LogP contribution in [0.1, 0.15) is 18.5 Å². The largest absolute Gasteiger partial charge is 0.497 e. The highest BCUT2D eigenvalue weighted by Crippen LogP contribution is 2.21. The van der Waals surface area contributed by atoms with Gasteiger partial charge in [0.05, 0.1) is 13.2 Å². The molecule has 4 heteroatoms. The molecule has 1 atom stereocenters. The quantitative estimate of drug-likeness (QED) is 0.737. The summed E-state index contributed by atoms with van der Waals surface area (Å²) in [5.74, 6) is 1.32. The van der Waals surface area contributed by atoms with Gasteiger partial charge in [0.25, 0.3) is 5.91 Å². The summed E-state index contributed by atoms with van der Waals surface area (Å²) in [6.45, 7) is 1.93. The SMILES string of the molecule is COc1ccc([C@@H](C)NC(=O)COc2ccc3ccccc3c2)cc1. The number of carbonyl (C=O) groups excluding carboxylic acids is 1. The molecule has 0 heterocycles. The van der Waals surface area contributed by atoms with Crippen molar-refractivity contribution in [3.63, 3.8) is 0 Å². The van der Waals surface area contributed by atoms with Crippen LogP contribution in [-0.2, 0) is 4.79 Å². The zero-order chi connectivity index (χ0) is 17.6. The van der Waals surface area contributed by atoms with Crippen molar-refractivity contribution in [3.8, 4) is 11.5 Å². The minimum absolute atomic E-state index is 0.0150. The van der Waals surface area contributed by atoms with Crippen LogP contribution in [0.4, 0.5) is 0 Å². The highest BCUT2D eigenvalue weighted by atomic mass is 16.5. The summed E-state index contributed by atoms with van der Waals surface area (Å²) in [6.07, 6.45) is 0. The Kier molecular flexibility index (Phi) is 5.19. The Morgan fingerprint density at radius 2 is 1.64 bits per heavy atom. The Labute approximate surface area is 147 Å². The molecule has 0 unspecified atom stereocenters. The van der Waals surface area contributed by atoms with E-state index in [1.807, 2.05) is 73.7 Å². The third kappa shape index (κ3) is 4.29. The van der Waals surface area contributed by atoms with E-state index in [-0.39, 0.29) is 18.6 Å². The Morgan fingerprint density at radius 1 is 0.960 bits per heavy atom. The molecule has 0 radical (unpaired) electrons. The second kappa shape index (κ2) is 7.71. The predicted molar refractivity (Wildman–Crippen MR) is 99.0 cm³/mol. The molecule has 0 aromatic heterocycles. The number of benzene rings is 3. The van der Waals surface area contributed by atoms with Crippen LogP contribution < -0.4 is 14.8 Å². The van der Waals surface area contributed by atoms with Gasteiger partial charge in [-0.05, 0) is 47.5 Å². The summed E-state index contributed by atoms with van der Waals surface area (Å²) < 4.78 is 10.8. The highest BCUT2D eigenvalue weighted by Gasteiger charge is 2.10. The fraction of sp³-hybridized carbons (Fsp3) is 0.190. The van der Waals surface area contributed by atoms with Gasteiger partial charge in [-0.2, -0.15) is 0 Å². The first-order valence-corrected chi connectivity index (χ1v) is 8.20. The maximum absolute atomic E-state index is 12.1. The molecule has 0 aliphatic heterocycles. The number of fused-ring (bicyclic) bond motifs is 1. The topological polar surface area (TPSA) is 47.6 Å². The average Bonchev–Trinajstić information content (AvgIpc) is 2.66. The molecule has 0 saturated carbocycles. The standard InChI is InChI=1S/C21H21NO3/c1-15(16-7-10-19(24-2)11-8-16)22-21(23)14-25-20-12-9-17-5-3-4-6-18(17)13-20/h3-13,15H,14H2,1-2H3,(H,22,23)/t15-/m1/s1. The molecule has 0 bridgehead atoms. The third-order valence-corrected chi connectivity index (χ3v) is 4.08. The van der Waals surface area contributed by atoms with E-state index in [4.69, 9.17) is 9.47 Å². The first kappa shape index (κ1) is 16.8. The molecule has 0 spiro atoms. The van der Waals surface area contributed by atoms with Gasteiger partial charge in [-0.15, -0.1) is 0 Å². The molecule has 128 valence electrons. The van der Waals surface area contributed by atoms with E-state index in [1.165, 1.54) is 0 Å².